The summed E-state index contributed by atoms with van der Waals surface area (Å²) in [6, 6.07) is 32.1. The van der Waals surface area contributed by atoms with Crippen LogP contribution in [0.5, 0.6) is 11.5 Å². The molecule has 0 aliphatic carbocycles. The van der Waals surface area contributed by atoms with Crippen LogP contribution in [-0.2, 0) is 0 Å². The molecule has 5 rings (SSSR count). The first-order valence-corrected chi connectivity index (χ1v) is 10.7. The van der Waals surface area contributed by atoms with Crippen LogP contribution in [0.4, 0.5) is 0 Å². The highest BCUT2D eigenvalue weighted by atomic mass is 16.5. The lowest BCUT2D eigenvalue weighted by Gasteiger charge is -2.14. The Morgan fingerprint density at radius 3 is 1.82 bits per heavy atom. The molecule has 0 N–H and O–H groups in total. The highest BCUT2D eigenvalue weighted by Gasteiger charge is 2.23. The molecule has 0 radical (unpaired) electrons. The zero-order chi connectivity index (χ0) is 22.6. The number of hydrogen-bond donors (Lipinski definition) is 0. The maximum absolute atomic E-state index is 5.39. The average Bonchev–Trinajstić information content (AvgIpc) is 3.30. The number of methoxy groups -OCH3 is 2. The molecule has 0 bridgehead atoms. The summed E-state index contributed by atoms with van der Waals surface area (Å²) >= 11 is 0. The van der Waals surface area contributed by atoms with Gasteiger partial charge in [0.1, 0.15) is 17.2 Å². The molecule has 0 fully saturated rings. The van der Waals surface area contributed by atoms with Crippen molar-refractivity contribution in [1.82, 2.24) is 14.5 Å². The van der Waals surface area contributed by atoms with Crippen LogP contribution < -0.4 is 9.47 Å². The summed E-state index contributed by atoms with van der Waals surface area (Å²) < 4.78 is 12.9. The summed E-state index contributed by atoms with van der Waals surface area (Å²) in [6.45, 7) is 0. The molecule has 0 unspecified atom stereocenters. The van der Waals surface area contributed by atoms with Gasteiger partial charge in [-0.25, -0.2) is 4.98 Å². The number of pyridine rings is 1. The predicted molar refractivity (Wildman–Crippen MR) is 131 cm³/mol. The van der Waals surface area contributed by atoms with Crippen molar-refractivity contribution in [2.24, 2.45) is 0 Å². The Balaban J connectivity index is 1.83. The van der Waals surface area contributed by atoms with Gasteiger partial charge in [-0.05, 0) is 72.8 Å². The quantitative estimate of drug-likeness (QED) is 0.316. The fourth-order valence-electron chi connectivity index (χ4n) is 3.88. The molecule has 0 aliphatic heterocycles. The number of benzene rings is 3. The number of hydrogen-bond acceptors (Lipinski definition) is 4. The van der Waals surface area contributed by atoms with Crippen LogP contribution in [-0.4, -0.2) is 28.8 Å². The maximum Gasteiger partial charge on any atom is 0.164 e. The van der Waals surface area contributed by atoms with Gasteiger partial charge in [-0.3, -0.25) is 9.55 Å². The largest absolute Gasteiger partial charge is 0.497 e. The van der Waals surface area contributed by atoms with Crippen molar-refractivity contribution in [3.05, 3.63) is 103 Å². The second-order valence-electron chi connectivity index (χ2n) is 7.48. The van der Waals surface area contributed by atoms with Crippen LogP contribution in [0.3, 0.4) is 0 Å². The second kappa shape index (κ2) is 9.01. The van der Waals surface area contributed by atoms with Gasteiger partial charge in [-0.1, -0.05) is 24.3 Å². The number of ether oxygens (including phenoxy) is 2. The van der Waals surface area contributed by atoms with E-state index >= 15 is 0 Å². The summed E-state index contributed by atoms with van der Waals surface area (Å²) in [7, 11) is 3.34. The van der Waals surface area contributed by atoms with Crippen LogP contribution in [0.2, 0.25) is 0 Å². The molecule has 0 atom stereocenters. The van der Waals surface area contributed by atoms with Gasteiger partial charge in [0.15, 0.2) is 5.82 Å². The highest BCUT2D eigenvalue weighted by Crippen LogP contribution is 2.39. The van der Waals surface area contributed by atoms with Crippen molar-refractivity contribution < 1.29 is 9.47 Å². The minimum atomic E-state index is 0.776. The van der Waals surface area contributed by atoms with Gasteiger partial charge in [-0.15, -0.1) is 0 Å². The molecule has 0 saturated heterocycles. The Labute approximate surface area is 192 Å². The predicted octanol–water partition coefficient (Wildman–Crippen LogP) is 6.29. The minimum Gasteiger partial charge on any atom is -0.497 e. The van der Waals surface area contributed by atoms with E-state index in [9.17, 15) is 0 Å². The summed E-state index contributed by atoms with van der Waals surface area (Å²) in [5, 5.41) is 0. The van der Waals surface area contributed by atoms with E-state index in [1.54, 1.807) is 20.4 Å². The minimum absolute atomic E-state index is 0.776. The number of rotatable bonds is 6. The Morgan fingerprint density at radius 2 is 1.24 bits per heavy atom. The van der Waals surface area contributed by atoms with Crippen LogP contribution in [0.25, 0.3) is 39.7 Å². The second-order valence-corrected chi connectivity index (χ2v) is 7.48. The van der Waals surface area contributed by atoms with E-state index in [1.165, 1.54) is 0 Å². The molecule has 5 heteroatoms. The van der Waals surface area contributed by atoms with Crippen molar-refractivity contribution in [2.45, 2.75) is 0 Å². The third-order valence-corrected chi connectivity index (χ3v) is 5.51. The zero-order valence-corrected chi connectivity index (χ0v) is 18.5. The van der Waals surface area contributed by atoms with Gasteiger partial charge >= 0.3 is 0 Å². The topological polar surface area (TPSA) is 49.2 Å². The normalized spacial score (nSPS) is 10.7. The van der Waals surface area contributed by atoms with Crippen LogP contribution in [0.15, 0.2) is 103 Å². The lowest BCUT2D eigenvalue weighted by atomic mass is 10.0. The van der Waals surface area contributed by atoms with E-state index in [4.69, 9.17) is 14.5 Å². The first-order valence-electron chi connectivity index (χ1n) is 10.7. The molecule has 2 aromatic heterocycles. The van der Waals surface area contributed by atoms with Crippen molar-refractivity contribution in [2.75, 3.05) is 14.2 Å². The van der Waals surface area contributed by atoms with Gasteiger partial charge in [0, 0.05) is 23.0 Å². The summed E-state index contributed by atoms with van der Waals surface area (Å²) in [4.78, 5) is 9.74. The van der Waals surface area contributed by atoms with Gasteiger partial charge in [0.25, 0.3) is 0 Å². The Bertz CT molecular complexity index is 1340. The fourth-order valence-corrected chi connectivity index (χ4v) is 3.88. The third kappa shape index (κ3) is 3.96. The molecule has 2 heterocycles. The smallest absolute Gasteiger partial charge is 0.164 e. The lowest BCUT2D eigenvalue weighted by Crippen LogP contribution is -2.01. The molecular formula is C28H23N3O2. The third-order valence-electron chi connectivity index (χ3n) is 5.51. The van der Waals surface area contributed by atoms with Crippen LogP contribution >= 0.6 is 0 Å². The van der Waals surface area contributed by atoms with Gasteiger partial charge in [0.2, 0.25) is 0 Å². The van der Waals surface area contributed by atoms with Crippen LogP contribution in [0.1, 0.15) is 0 Å². The van der Waals surface area contributed by atoms with Crippen molar-refractivity contribution in [1.29, 1.82) is 0 Å². The van der Waals surface area contributed by atoms with Gasteiger partial charge in [-0.2, -0.15) is 0 Å². The molecule has 5 nitrogen and oxygen atoms in total. The van der Waals surface area contributed by atoms with E-state index in [0.717, 1.165) is 51.2 Å². The lowest BCUT2D eigenvalue weighted by molar-refractivity contribution is 0.414. The fraction of sp³-hybridized carbons (Fsp3) is 0.0714. The number of aromatic nitrogens is 3. The first kappa shape index (κ1) is 20.5. The van der Waals surface area contributed by atoms with Crippen LogP contribution in [0, 0.1) is 0 Å². The Kier molecular flexibility index (Phi) is 5.60. The number of nitrogens with zero attached hydrogens (tertiary/aromatic N) is 3. The molecule has 0 aliphatic rings. The van der Waals surface area contributed by atoms with E-state index in [1.807, 2.05) is 72.8 Å². The van der Waals surface area contributed by atoms with E-state index < -0.39 is 0 Å². The van der Waals surface area contributed by atoms with Gasteiger partial charge < -0.3 is 9.47 Å². The summed E-state index contributed by atoms with van der Waals surface area (Å²) in [6.07, 6.45) is 1.79. The molecular weight excluding hydrogens is 410 g/mol. The number of imidazole rings is 1. The molecule has 162 valence electrons. The van der Waals surface area contributed by atoms with Crippen molar-refractivity contribution in [3.8, 4) is 51.2 Å². The standard InChI is InChI=1S/C28H23N3O2/c1-32-23-15-11-20(12-16-23)26-27(21-13-17-24(33-2)18-14-21)31(22-8-4-3-5-9-22)28(30-26)25-10-6-7-19-29-25/h3-19H,1-2H3. The monoisotopic (exact) mass is 433 g/mol. The molecule has 33 heavy (non-hydrogen) atoms. The van der Waals surface area contributed by atoms with Crippen molar-refractivity contribution >= 4 is 0 Å². The Morgan fingerprint density at radius 1 is 0.636 bits per heavy atom. The van der Waals surface area contributed by atoms with E-state index in [-0.39, 0.29) is 0 Å². The molecule has 0 spiro atoms. The summed E-state index contributed by atoms with van der Waals surface area (Å²) in [5.41, 5.74) is 5.68. The first-order chi connectivity index (χ1) is 16.3. The zero-order valence-electron chi connectivity index (χ0n) is 18.5. The number of para-hydroxylation sites is 1. The highest BCUT2D eigenvalue weighted by molar-refractivity contribution is 5.84. The summed E-state index contributed by atoms with van der Waals surface area (Å²) in [5.74, 6) is 2.39. The van der Waals surface area contributed by atoms with E-state index in [0.29, 0.717) is 0 Å². The van der Waals surface area contributed by atoms with Gasteiger partial charge in [0.05, 0.1) is 25.6 Å². The molecule has 3 aromatic carbocycles. The average molecular weight is 434 g/mol. The molecule has 0 amide bonds. The van der Waals surface area contributed by atoms with Crippen molar-refractivity contribution in [3.63, 3.8) is 0 Å². The maximum atomic E-state index is 5.39. The Hall–Kier alpha value is -4.38. The van der Waals surface area contributed by atoms with E-state index in [2.05, 4.69) is 33.8 Å². The SMILES string of the molecule is COc1ccc(-c2nc(-c3ccccn3)n(-c3ccccc3)c2-c2ccc(OC)cc2)cc1. The molecule has 0 saturated carbocycles. The molecule has 5 aromatic rings.